The second-order valence-electron chi connectivity index (χ2n) is 10.8. The molecule has 2 aromatic carbocycles. The molecule has 0 spiro atoms. The van der Waals surface area contributed by atoms with Gasteiger partial charge in [0.1, 0.15) is 33.3 Å². The van der Waals surface area contributed by atoms with Crippen molar-refractivity contribution in [3.8, 4) is 23.0 Å². The first-order valence-electron chi connectivity index (χ1n) is 14.8. The quantitative estimate of drug-likeness (QED) is 0.143. The number of benzene rings is 2. The maximum atomic E-state index is 12.6. The number of hydrogen-bond acceptors (Lipinski definition) is 10. The minimum atomic E-state index is -1.38. The van der Waals surface area contributed by atoms with E-state index in [-0.39, 0.29) is 34.6 Å². The van der Waals surface area contributed by atoms with E-state index in [2.05, 4.69) is 29.9 Å². The van der Waals surface area contributed by atoms with Crippen molar-refractivity contribution in [1.82, 2.24) is 29.9 Å². The van der Waals surface area contributed by atoms with Gasteiger partial charge < -0.3 is 48.0 Å². The fraction of sp³-hybridized carbons (Fsp3) is 0.294. The van der Waals surface area contributed by atoms with E-state index in [1.165, 1.54) is 0 Å². The zero-order valence-electron chi connectivity index (χ0n) is 28.7. The Balaban J connectivity index is 0.000000216. The van der Waals surface area contributed by atoms with Crippen molar-refractivity contribution in [3.05, 3.63) is 82.4 Å². The number of imidazole rings is 2. The Morgan fingerprint density at radius 2 is 1.00 bits per heavy atom. The first-order valence-corrected chi connectivity index (χ1v) is 17.4. The van der Waals surface area contributed by atoms with Crippen molar-refractivity contribution in [2.75, 3.05) is 28.4 Å². The van der Waals surface area contributed by atoms with Gasteiger partial charge in [0.05, 0.1) is 39.8 Å². The van der Waals surface area contributed by atoms with E-state index in [1.54, 1.807) is 77.2 Å². The van der Waals surface area contributed by atoms with Gasteiger partial charge in [-0.2, -0.15) is 0 Å². The first-order chi connectivity index (χ1) is 23.1. The molecule has 0 bridgehead atoms. The third-order valence-electron chi connectivity index (χ3n) is 7.67. The average molecular weight is 713 g/mol. The Labute approximate surface area is 307 Å². The number of aromatic nitrogens is 6. The molecule has 49 heavy (non-hydrogen) atoms. The minimum absolute atomic E-state index is 0. The van der Waals surface area contributed by atoms with Crippen molar-refractivity contribution in [3.63, 3.8) is 0 Å². The third kappa shape index (κ3) is 8.53. The summed E-state index contributed by atoms with van der Waals surface area (Å²) >= 11 is -2.77. The van der Waals surface area contributed by atoms with Gasteiger partial charge in [-0.3, -0.25) is 9.97 Å². The first kappa shape index (κ1) is 38.1. The Morgan fingerprint density at radius 3 is 1.35 bits per heavy atom. The number of ether oxygens (including phenoxy) is 4. The molecule has 15 heteroatoms. The Morgan fingerprint density at radius 1 is 0.612 bits per heavy atom. The van der Waals surface area contributed by atoms with E-state index in [9.17, 15) is 9.11 Å². The van der Waals surface area contributed by atoms with Crippen molar-refractivity contribution in [2.45, 2.75) is 49.5 Å². The Kier molecular flexibility index (Phi) is 13.0. The molecule has 6 aromatic rings. The van der Waals surface area contributed by atoms with E-state index in [0.717, 1.165) is 45.1 Å². The van der Waals surface area contributed by atoms with Crippen LogP contribution in [0.25, 0.3) is 22.1 Å². The van der Waals surface area contributed by atoms with E-state index < -0.39 is 22.4 Å². The summed E-state index contributed by atoms with van der Waals surface area (Å²) in [6.45, 7) is 7.69. The van der Waals surface area contributed by atoms with Crippen LogP contribution >= 0.6 is 0 Å². The molecule has 0 saturated heterocycles. The molecule has 0 aliphatic heterocycles. The summed E-state index contributed by atoms with van der Waals surface area (Å²) in [7, 11) is 6.43. The third-order valence-corrected chi connectivity index (χ3v) is 9.92. The van der Waals surface area contributed by atoms with Gasteiger partial charge in [0, 0.05) is 34.6 Å². The zero-order valence-corrected chi connectivity index (χ0v) is 31.7. The van der Waals surface area contributed by atoms with Gasteiger partial charge in [-0.05, 0) is 96.4 Å². The average Bonchev–Trinajstić information content (AvgIpc) is 3.72. The van der Waals surface area contributed by atoms with Gasteiger partial charge >= 0.3 is 23.1 Å². The summed E-state index contributed by atoms with van der Waals surface area (Å²) in [5, 5.41) is 0.609. The van der Waals surface area contributed by atoms with E-state index >= 15 is 0 Å². The second-order valence-corrected chi connectivity index (χ2v) is 13.5. The minimum Gasteiger partial charge on any atom is -0.612 e. The topological polar surface area (TPSA) is 163 Å². The van der Waals surface area contributed by atoms with Crippen LogP contribution in [-0.2, 0) is 33.9 Å². The molecule has 0 radical (unpaired) electrons. The summed E-state index contributed by atoms with van der Waals surface area (Å²) in [5.74, 6) is 3.43. The van der Waals surface area contributed by atoms with Crippen LogP contribution in [0.5, 0.6) is 23.0 Å². The molecule has 4 heterocycles. The standard InChI is InChI=1S/2C17H18N3O3S.Mg/c2*1-10-8-18-15(11(2)16(10)23-4)9-24(21)17-19-13-6-5-12(22-3)7-14(13)20-17;/h2*5-8H,9H2,1-4H3;/q2*-1;+2/t2*24-;/m11./s1. The van der Waals surface area contributed by atoms with Crippen molar-refractivity contribution < 1.29 is 28.1 Å². The SMILES string of the molecule is COc1ccc2[n-]c([S@+]([O-])Cc3ncc(C)c(OC)c3C)nc2c1.COc1ccc2[n-]c([S@+]([O-])Cc3ncc(C)c(OC)c3C)nc2c1.[Mg+2]. The molecule has 2 atom stereocenters. The summed E-state index contributed by atoms with van der Waals surface area (Å²) in [5.41, 5.74) is 7.87. The maximum absolute atomic E-state index is 12.6. The smallest absolute Gasteiger partial charge is 0.612 e. The van der Waals surface area contributed by atoms with Crippen LogP contribution < -0.4 is 28.9 Å². The van der Waals surface area contributed by atoms with Gasteiger partial charge in [-0.15, -0.1) is 0 Å². The largest absolute Gasteiger partial charge is 2.00 e. The molecule has 0 aliphatic rings. The number of aryl methyl sites for hydroxylation is 2. The normalized spacial score (nSPS) is 12.1. The van der Waals surface area contributed by atoms with E-state index in [0.29, 0.717) is 43.9 Å². The molecule has 0 unspecified atom stereocenters. The van der Waals surface area contributed by atoms with Crippen LogP contribution in [0.15, 0.2) is 59.1 Å². The number of hydrogen-bond donors (Lipinski definition) is 0. The van der Waals surface area contributed by atoms with Crippen LogP contribution in [-0.4, -0.2) is 80.5 Å². The molecule has 252 valence electrons. The van der Waals surface area contributed by atoms with Crippen LogP contribution in [0.1, 0.15) is 33.6 Å². The molecular formula is C34H36MgN6O6S2. The molecule has 6 rings (SSSR count). The maximum Gasteiger partial charge on any atom is 2.00 e. The molecule has 0 aliphatic carbocycles. The summed E-state index contributed by atoms with van der Waals surface area (Å²) in [6, 6.07) is 10.8. The van der Waals surface area contributed by atoms with Gasteiger partial charge in [0.25, 0.3) is 0 Å². The van der Waals surface area contributed by atoms with E-state index in [4.69, 9.17) is 18.9 Å². The Bertz CT molecular complexity index is 1910. The molecule has 0 N–H and O–H groups in total. The number of methoxy groups -OCH3 is 4. The van der Waals surface area contributed by atoms with E-state index in [1.807, 2.05) is 27.7 Å². The van der Waals surface area contributed by atoms with Gasteiger partial charge in [-0.25, -0.2) is 0 Å². The summed E-state index contributed by atoms with van der Waals surface area (Å²) < 4.78 is 46.4. The molecule has 12 nitrogen and oxygen atoms in total. The molecule has 0 amide bonds. The molecule has 0 fully saturated rings. The van der Waals surface area contributed by atoms with Gasteiger partial charge in [-0.1, -0.05) is 12.1 Å². The van der Waals surface area contributed by atoms with Crippen LogP contribution in [0, 0.1) is 27.7 Å². The predicted octanol–water partition coefficient (Wildman–Crippen LogP) is 4.68. The van der Waals surface area contributed by atoms with Crippen molar-refractivity contribution in [2.24, 2.45) is 0 Å². The number of pyridine rings is 2. The number of nitrogens with zero attached hydrogens (tertiary/aromatic N) is 6. The molecular weight excluding hydrogens is 677 g/mol. The summed E-state index contributed by atoms with van der Waals surface area (Å²) in [6.07, 6.45) is 3.46. The predicted molar refractivity (Wildman–Crippen MR) is 190 cm³/mol. The van der Waals surface area contributed by atoms with Crippen molar-refractivity contribution >= 4 is 67.5 Å². The fourth-order valence-electron chi connectivity index (χ4n) is 5.11. The van der Waals surface area contributed by atoms with Gasteiger partial charge in [0.2, 0.25) is 0 Å². The number of fused-ring (bicyclic) bond motifs is 2. The van der Waals surface area contributed by atoms with Crippen LogP contribution in [0.4, 0.5) is 0 Å². The monoisotopic (exact) mass is 712 g/mol. The fourth-order valence-corrected chi connectivity index (χ4v) is 7.24. The zero-order chi connectivity index (χ0) is 34.5. The Hall–Kier alpha value is -3.73. The van der Waals surface area contributed by atoms with Crippen LogP contribution in [0.2, 0.25) is 0 Å². The van der Waals surface area contributed by atoms with Crippen molar-refractivity contribution in [1.29, 1.82) is 0 Å². The van der Waals surface area contributed by atoms with Crippen LogP contribution in [0.3, 0.4) is 0 Å². The second kappa shape index (κ2) is 16.8. The molecule has 4 aromatic heterocycles. The molecule has 0 saturated carbocycles. The summed E-state index contributed by atoms with van der Waals surface area (Å²) in [4.78, 5) is 26.2. The number of rotatable bonds is 10. The van der Waals surface area contributed by atoms with Gasteiger partial charge in [0.15, 0.2) is 11.5 Å².